The third-order valence-electron chi connectivity index (χ3n) is 3.92. The fourth-order valence-electron chi connectivity index (χ4n) is 2.42. The fraction of sp³-hybridized carbons (Fsp3) is 0.0952. The highest BCUT2D eigenvalue weighted by Gasteiger charge is 2.08. The summed E-state index contributed by atoms with van der Waals surface area (Å²) in [5.41, 5.74) is 4.52. The number of anilines is 3. The van der Waals surface area contributed by atoms with E-state index in [0.717, 1.165) is 23.5 Å². The van der Waals surface area contributed by atoms with Gasteiger partial charge in [0.1, 0.15) is 5.69 Å². The second kappa shape index (κ2) is 7.95. The van der Waals surface area contributed by atoms with Crippen molar-refractivity contribution in [3.05, 3.63) is 83.7 Å². The highest BCUT2D eigenvalue weighted by molar-refractivity contribution is 6.02. The molecule has 0 saturated heterocycles. The van der Waals surface area contributed by atoms with E-state index in [9.17, 15) is 4.79 Å². The maximum Gasteiger partial charge on any atom is 0.274 e. The number of benzene rings is 2. The Kier molecular flexibility index (Phi) is 5.25. The molecule has 5 nitrogen and oxygen atoms in total. The summed E-state index contributed by atoms with van der Waals surface area (Å²) < 4.78 is 0. The molecule has 3 aromatic rings. The monoisotopic (exact) mass is 342 g/mol. The van der Waals surface area contributed by atoms with Gasteiger partial charge in [0, 0.05) is 11.4 Å². The summed E-state index contributed by atoms with van der Waals surface area (Å²) in [6.07, 6.45) is 2.57. The van der Waals surface area contributed by atoms with Crippen LogP contribution in [-0.2, 0) is 6.42 Å². The lowest BCUT2D eigenvalue weighted by Gasteiger charge is -2.08. The number of aromatic nitrogens is 1. The average Bonchev–Trinajstić information content (AvgIpc) is 2.69. The number of aryl methyl sites for hydroxylation is 1. The second-order valence-corrected chi connectivity index (χ2v) is 5.75. The molecule has 128 valence electrons. The van der Waals surface area contributed by atoms with Crippen LogP contribution in [0.1, 0.15) is 28.5 Å². The van der Waals surface area contributed by atoms with Crippen molar-refractivity contribution in [3.63, 3.8) is 0 Å². The molecule has 0 spiro atoms. The Morgan fingerprint density at radius 3 is 2.19 bits per heavy atom. The molecule has 0 aliphatic carbocycles. The Morgan fingerprint density at radius 2 is 1.62 bits per heavy atom. The van der Waals surface area contributed by atoms with Crippen LogP contribution in [0, 0.1) is 11.3 Å². The number of carbonyl (C=O) groups is 1. The van der Waals surface area contributed by atoms with Crippen molar-refractivity contribution in [3.8, 4) is 6.07 Å². The van der Waals surface area contributed by atoms with E-state index in [2.05, 4.69) is 28.6 Å². The summed E-state index contributed by atoms with van der Waals surface area (Å²) >= 11 is 0. The summed E-state index contributed by atoms with van der Waals surface area (Å²) in [5, 5.41) is 14.8. The molecule has 3 rings (SSSR count). The number of rotatable bonds is 5. The molecular weight excluding hydrogens is 324 g/mol. The van der Waals surface area contributed by atoms with E-state index >= 15 is 0 Å². The minimum absolute atomic E-state index is 0.251. The number of hydrogen-bond donors (Lipinski definition) is 2. The van der Waals surface area contributed by atoms with Crippen molar-refractivity contribution in [2.75, 3.05) is 10.6 Å². The minimum Gasteiger partial charge on any atom is -0.354 e. The molecule has 1 aromatic heterocycles. The first-order chi connectivity index (χ1) is 12.7. The fourth-order valence-corrected chi connectivity index (χ4v) is 2.42. The van der Waals surface area contributed by atoms with E-state index in [0.29, 0.717) is 11.3 Å². The molecule has 5 heteroatoms. The van der Waals surface area contributed by atoms with Crippen molar-refractivity contribution in [1.29, 1.82) is 5.26 Å². The van der Waals surface area contributed by atoms with Gasteiger partial charge in [0.05, 0.1) is 23.5 Å². The van der Waals surface area contributed by atoms with Gasteiger partial charge >= 0.3 is 0 Å². The second-order valence-electron chi connectivity index (χ2n) is 5.75. The van der Waals surface area contributed by atoms with Crippen LogP contribution >= 0.6 is 0 Å². The van der Waals surface area contributed by atoms with E-state index in [1.54, 1.807) is 30.5 Å². The van der Waals surface area contributed by atoms with Crippen LogP contribution in [0.2, 0.25) is 0 Å². The quantitative estimate of drug-likeness (QED) is 0.715. The van der Waals surface area contributed by atoms with Crippen molar-refractivity contribution in [2.45, 2.75) is 13.3 Å². The molecular formula is C21H18N4O. The zero-order valence-corrected chi connectivity index (χ0v) is 14.4. The molecule has 0 unspecified atom stereocenters. The highest BCUT2D eigenvalue weighted by atomic mass is 16.1. The third-order valence-corrected chi connectivity index (χ3v) is 3.92. The molecule has 0 fully saturated rings. The van der Waals surface area contributed by atoms with Gasteiger partial charge in [-0.2, -0.15) is 5.26 Å². The topological polar surface area (TPSA) is 77.8 Å². The third kappa shape index (κ3) is 4.25. The summed E-state index contributed by atoms with van der Waals surface area (Å²) in [7, 11) is 0. The Morgan fingerprint density at radius 1 is 0.962 bits per heavy atom. The molecule has 2 N–H and O–H groups in total. The van der Waals surface area contributed by atoms with Gasteiger partial charge in [-0.05, 0) is 60.5 Å². The van der Waals surface area contributed by atoms with Gasteiger partial charge in [-0.15, -0.1) is 0 Å². The predicted octanol–water partition coefficient (Wildman–Crippen LogP) is 4.51. The lowest BCUT2D eigenvalue weighted by molar-refractivity contribution is 0.102. The van der Waals surface area contributed by atoms with Gasteiger partial charge in [0.2, 0.25) is 0 Å². The van der Waals surface area contributed by atoms with E-state index in [-0.39, 0.29) is 5.91 Å². The number of hydrogen-bond acceptors (Lipinski definition) is 4. The van der Waals surface area contributed by atoms with Gasteiger partial charge in [-0.3, -0.25) is 4.79 Å². The van der Waals surface area contributed by atoms with Crippen LogP contribution in [0.15, 0.2) is 66.9 Å². The van der Waals surface area contributed by atoms with Crippen molar-refractivity contribution in [2.24, 2.45) is 0 Å². The first kappa shape index (κ1) is 17.2. The average molecular weight is 342 g/mol. The molecule has 26 heavy (non-hydrogen) atoms. The summed E-state index contributed by atoms with van der Waals surface area (Å²) in [6, 6.07) is 20.4. The van der Waals surface area contributed by atoms with Crippen molar-refractivity contribution < 1.29 is 4.79 Å². The summed E-state index contributed by atoms with van der Waals surface area (Å²) in [6.45, 7) is 2.09. The number of pyridine rings is 1. The summed E-state index contributed by atoms with van der Waals surface area (Å²) in [5.74, 6) is -0.251. The van der Waals surface area contributed by atoms with Crippen LogP contribution in [-0.4, -0.2) is 10.9 Å². The molecule has 0 aliphatic rings. The predicted molar refractivity (Wildman–Crippen MR) is 102 cm³/mol. The van der Waals surface area contributed by atoms with Gasteiger partial charge in [-0.25, -0.2) is 4.98 Å². The van der Waals surface area contributed by atoms with Crippen LogP contribution in [0.4, 0.5) is 17.1 Å². The Labute approximate surface area is 152 Å². The number of nitrogens with one attached hydrogen (secondary N) is 2. The van der Waals surface area contributed by atoms with Gasteiger partial charge < -0.3 is 10.6 Å². The zero-order valence-electron chi connectivity index (χ0n) is 14.4. The molecule has 2 aromatic carbocycles. The standard InChI is InChI=1S/C21H18N4O/c1-2-15-3-7-18(8-4-15)25-21(26)20-12-11-19(14-23-20)24-17-9-5-16(13-22)6-10-17/h3-12,14,24H,2H2,1H3,(H,25,26). The SMILES string of the molecule is CCc1ccc(NC(=O)c2ccc(Nc3ccc(C#N)cc3)cn2)cc1. The Balaban J connectivity index is 1.64. The maximum atomic E-state index is 12.3. The lowest BCUT2D eigenvalue weighted by Crippen LogP contribution is -2.13. The number of carbonyl (C=O) groups excluding carboxylic acids is 1. The minimum atomic E-state index is -0.251. The van der Waals surface area contributed by atoms with Gasteiger partial charge in [0.15, 0.2) is 0 Å². The maximum absolute atomic E-state index is 12.3. The molecule has 0 saturated carbocycles. The van der Waals surface area contributed by atoms with Crippen molar-refractivity contribution in [1.82, 2.24) is 4.98 Å². The Bertz CT molecular complexity index is 924. The Hall–Kier alpha value is -3.65. The molecule has 1 heterocycles. The van der Waals surface area contributed by atoms with Crippen LogP contribution < -0.4 is 10.6 Å². The van der Waals surface area contributed by atoms with E-state index < -0.39 is 0 Å². The molecule has 0 bridgehead atoms. The van der Waals surface area contributed by atoms with Crippen LogP contribution in [0.25, 0.3) is 0 Å². The normalized spacial score (nSPS) is 10.0. The first-order valence-corrected chi connectivity index (χ1v) is 8.31. The molecule has 0 atom stereocenters. The molecule has 0 radical (unpaired) electrons. The van der Waals surface area contributed by atoms with E-state index in [4.69, 9.17) is 5.26 Å². The number of amides is 1. The van der Waals surface area contributed by atoms with Gasteiger partial charge in [0.25, 0.3) is 5.91 Å². The van der Waals surface area contributed by atoms with Crippen LogP contribution in [0.3, 0.4) is 0 Å². The van der Waals surface area contributed by atoms with Crippen LogP contribution in [0.5, 0.6) is 0 Å². The number of nitrogens with zero attached hydrogens (tertiary/aromatic N) is 2. The van der Waals surface area contributed by atoms with E-state index in [1.807, 2.05) is 36.4 Å². The highest BCUT2D eigenvalue weighted by Crippen LogP contribution is 2.17. The van der Waals surface area contributed by atoms with Crippen molar-refractivity contribution >= 4 is 23.0 Å². The zero-order chi connectivity index (χ0) is 18.4. The first-order valence-electron chi connectivity index (χ1n) is 8.31. The molecule has 1 amide bonds. The lowest BCUT2D eigenvalue weighted by atomic mass is 10.1. The summed E-state index contributed by atoms with van der Waals surface area (Å²) in [4.78, 5) is 16.5. The number of nitriles is 1. The molecule has 0 aliphatic heterocycles. The van der Waals surface area contributed by atoms with Gasteiger partial charge in [-0.1, -0.05) is 19.1 Å². The smallest absolute Gasteiger partial charge is 0.274 e. The largest absolute Gasteiger partial charge is 0.354 e. The van der Waals surface area contributed by atoms with E-state index in [1.165, 1.54) is 5.56 Å².